The van der Waals surface area contributed by atoms with Crippen LogP contribution in [0.3, 0.4) is 0 Å². The molecule has 150 valence electrons. The number of carbonyl (C=O) groups is 1. The van der Waals surface area contributed by atoms with Gasteiger partial charge in [-0.25, -0.2) is 0 Å². The summed E-state index contributed by atoms with van der Waals surface area (Å²) in [6, 6.07) is 13.8. The number of hydrogen-bond acceptors (Lipinski definition) is 3. The van der Waals surface area contributed by atoms with Gasteiger partial charge in [0.2, 0.25) is 0 Å². The van der Waals surface area contributed by atoms with Gasteiger partial charge in [0.15, 0.2) is 0 Å². The van der Waals surface area contributed by atoms with Crippen LogP contribution in [0.5, 0.6) is 0 Å². The summed E-state index contributed by atoms with van der Waals surface area (Å²) in [5.41, 5.74) is 4.44. The summed E-state index contributed by atoms with van der Waals surface area (Å²) >= 11 is 1.69. The SMILES string of the molecule is Cc1sc(NC(=O)c2ccccc2)c([C@H](c2cccnc2)[NH+]2CCCCC2)c1C. The lowest BCUT2D eigenvalue weighted by atomic mass is 9.94. The fourth-order valence-corrected chi connectivity index (χ4v) is 5.39. The molecule has 2 aromatic heterocycles. The maximum absolute atomic E-state index is 12.9. The summed E-state index contributed by atoms with van der Waals surface area (Å²) < 4.78 is 0. The standard InChI is InChI=1S/C24H27N3OS/c1-17-18(2)29-24(26-23(28)19-10-5-3-6-11-19)21(17)22(20-12-9-13-25-16-20)27-14-7-4-8-15-27/h3,5-6,9-13,16,22H,4,7-8,14-15H2,1-2H3,(H,26,28)/p+1/t22-/m0/s1. The molecule has 3 heterocycles. The number of rotatable bonds is 5. The van der Waals surface area contributed by atoms with Crippen LogP contribution in [0.25, 0.3) is 0 Å². The van der Waals surface area contributed by atoms with Gasteiger partial charge in [-0.2, -0.15) is 0 Å². The number of amides is 1. The summed E-state index contributed by atoms with van der Waals surface area (Å²) in [7, 11) is 0. The summed E-state index contributed by atoms with van der Waals surface area (Å²) in [5, 5.41) is 4.20. The first-order valence-corrected chi connectivity index (χ1v) is 11.2. The third kappa shape index (κ3) is 4.26. The van der Waals surface area contributed by atoms with Gasteiger partial charge < -0.3 is 10.2 Å². The second-order valence-electron chi connectivity index (χ2n) is 7.78. The number of pyridine rings is 1. The van der Waals surface area contributed by atoms with E-state index in [-0.39, 0.29) is 11.9 Å². The second kappa shape index (κ2) is 8.89. The van der Waals surface area contributed by atoms with Crippen LogP contribution in [0.1, 0.15) is 57.2 Å². The average molecular weight is 407 g/mol. The van der Waals surface area contributed by atoms with E-state index in [0.717, 1.165) is 18.1 Å². The molecule has 0 bridgehead atoms. The van der Waals surface area contributed by atoms with Crippen LogP contribution in [0.4, 0.5) is 5.00 Å². The maximum atomic E-state index is 12.9. The third-order valence-corrected chi connectivity index (χ3v) is 7.04. The van der Waals surface area contributed by atoms with Crippen molar-refractivity contribution in [2.45, 2.75) is 39.2 Å². The Balaban J connectivity index is 1.75. The second-order valence-corrected chi connectivity index (χ2v) is 9.01. The Morgan fingerprint density at radius 1 is 1.07 bits per heavy atom. The zero-order valence-electron chi connectivity index (χ0n) is 17.1. The van der Waals surface area contributed by atoms with Gasteiger partial charge in [-0.05, 0) is 62.9 Å². The molecule has 1 saturated heterocycles. The Kier molecular flexibility index (Phi) is 6.07. The monoisotopic (exact) mass is 406 g/mol. The summed E-state index contributed by atoms with van der Waals surface area (Å²) in [6.07, 6.45) is 7.62. The summed E-state index contributed by atoms with van der Waals surface area (Å²) in [5.74, 6) is -0.0494. The minimum Gasteiger partial charge on any atom is -0.325 e. The number of quaternary nitrogens is 1. The normalized spacial score (nSPS) is 15.8. The fraction of sp³-hybridized carbons (Fsp3) is 0.333. The minimum atomic E-state index is -0.0494. The Morgan fingerprint density at radius 2 is 1.83 bits per heavy atom. The molecule has 1 fully saturated rings. The lowest BCUT2D eigenvalue weighted by Gasteiger charge is -2.32. The number of benzene rings is 1. The first-order valence-electron chi connectivity index (χ1n) is 10.4. The van der Waals surface area contributed by atoms with E-state index in [9.17, 15) is 4.79 Å². The molecule has 2 N–H and O–H groups in total. The maximum Gasteiger partial charge on any atom is 0.256 e. The summed E-state index contributed by atoms with van der Waals surface area (Å²) in [4.78, 5) is 20.1. The van der Waals surface area contributed by atoms with Crippen molar-refractivity contribution in [3.05, 3.63) is 82.0 Å². The van der Waals surface area contributed by atoms with Crippen LogP contribution < -0.4 is 10.2 Å². The van der Waals surface area contributed by atoms with Crippen LogP contribution >= 0.6 is 11.3 Å². The molecule has 0 radical (unpaired) electrons. The van der Waals surface area contributed by atoms with Crippen molar-refractivity contribution >= 4 is 22.2 Å². The van der Waals surface area contributed by atoms with Crippen molar-refractivity contribution in [3.8, 4) is 0 Å². The van der Waals surface area contributed by atoms with E-state index in [0.29, 0.717) is 5.56 Å². The Labute approximate surface area is 176 Å². The molecule has 1 aliphatic rings. The van der Waals surface area contributed by atoms with Gasteiger partial charge in [0.05, 0.1) is 18.7 Å². The van der Waals surface area contributed by atoms with Gasteiger partial charge >= 0.3 is 0 Å². The van der Waals surface area contributed by atoms with Crippen molar-refractivity contribution in [2.24, 2.45) is 0 Å². The molecule has 0 unspecified atom stereocenters. The topological polar surface area (TPSA) is 46.4 Å². The predicted molar refractivity (Wildman–Crippen MR) is 119 cm³/mol. The zero-order valence-corrected chi connectivity index (χ0v) is 17.9. The quantitative estimate of drug-likeness (QED) is 0.668. The number of anilines is 1. The van der Waals surface area contributed by atoms with Crippen LogP contribution in [0.15, 0.2) is 54.9 Å². The van der Waals surface area contributed by atoms with Gasteiger partial charge in [-0.3, -0.25) is 9.78 Å². The van der Waals surface area contributed by atoms with Crippen molar-refractivity contribution in [1.29, 1.82) is 0 Å². The molecule has 0 aliphatic carbocycles. The van der Waals surface area contributed by atoms with Crippen LogP contribution in [0, 0.1) is 13.8 Å². The van der Waals surface area contributed by atoms with Gasteiger partial charge in [-0.15, -0.1) is 11.3 Å². The summed E-state index contributed by atoms with van der Waals surface area (Å²) in [6.45, 7) is 6.64. The van der Waals surface area contributed by atoms with Crippen LogP contribution in [-0.4, -0.2) is 24.0 Å². The van der Waals surface area contributed by atoms with Crippen LogP contribution in [0.2, 0.25) is 0 Å². The minimum absolute atomic E-state index is 0.0494. The number of aryl methyl sites for hydroxylation is 1. The lowest BCUT2D eigenvalue weighted by Crippen LogP contribution is -3.13. The smallest absolute Gasteiger partial charge is 0.256 e. The fourth-order valence-electron chi connectivity index (χ4n) is 4.30. The predicted octanol–water partition coefficient (Wildman–Crippen LogP) is 4.17. The zero-order chi connectivity index (χ0) is 20.2. The first-order chi connectivity index (χ1) is 14.1. The van der Waals surface area contributed by atoms with E-state index in [2.05, 4.69) is 30.2 Å². The Bertz CT molecular complexity index is 963. The number of nitrogens with zero attached hydrogens (tertiary/aromatic N) is 1. The largest absolute Gasteiger partial charge is 0.325 e. The number of hydrogen-bond donors (Lipinski definition) is 2. The van der Waals surface area contributed by atoms with E-state index < -0.39 is 0 Å². The van der Waals surface area contributed by atoms with Crippen molar-refractivity contribution in [1.82, 2.24) is 4.98 Å². The molecule has 3 aromatic rings. The molecular formula is C24H28N3OS+. The molecule has 1 atom stereocenters. The highest BCUT2D eigenvalue weighted by Crippen LogP contribution is 2.38. The van der Waals surface area contributed by atoms with Crippen molar-refractivity contribution < 1.29 is 9.69 Å². The van der Waals surface area contributed by atoms with E-state index in [4.69, 9.17) is 0 Å². The molecule has 0 saturated carbocycles. The molecule has 0 spiro atoms. The first kappa shape index (κ1) is 19.8. The number of nitrogens with one attached hydrogen (secondary N) is 2. The third-order valence-electron chi connectivity index (χ3n) is 5.91. The number of likely N-dealkylation sites (tertiary alicyclic amines) is 1. The van der Waals surface area contributed by atoms with E-state index in [1.807, 2.05) is 48.8 Å². The van der Waals surface area contributed by atoms with Crippen molar-refractivity contribution in [2.75, 3.05) is 18.4 Å². The molecule has 5 heteroatoms. The van der Waals surface area contributed by atoms with E-state index >= 15 is 0 Å². The van der Waals surface area contributed by atoms with Gasteiger partial charge in [0.1, 0.15) is 11.0 Å². The van der Waals surface area contributed by atoms with E-state index in [1.54, 1.807) is 16.2 Å². The molecule has 4 nitrogen and oxygen atoms in total. The molecule has 1 amide bonds. The van der Waals surface area contributed by atoms with Crippen LogP contribution in [-0.2, 0) is 0 Å². The highest BCUT2D eigenvalue weighted by Gasteiger charge is 2.33. The molecular weight excluding hydrogens is 378 g/mol. The number of carbonyl (C=O) groups excluding carboxylic acids is 1. The number of aromatic nitrogens is 1. The number of thiophene rings is 1. The molecule has 1 aromatic carbocycles. The average Bonchev–Trinajstić information content (AvgIpc) is 3.04. The van der Waals surface area contributed by atoms with E-state index in [1.165, 1.54) is 40.8 Å². The highest BCUT2D eigenvalue weighted by atomic mass is 32.1. The number of piperidine rings is 1. The molecule has 29 heavy (non-hydrogen) atoms. The molecule has 1 aliphatic heterocycles. The lowest BCUT2D eigenvalue weighted by molar-refractivity contribution is -0.930. The van der Waals surface area contributed by atoms with Gasteiger partial charge in [-0.1, -0.05) is 18.2 Å². The van der Waals surface area contributed by atoms with Gasteiger partial charge in [0.25, 0.3) is 5.91 Å². The van der Waals surface area contributed by atoms with Gasteiger partial charge in [0, 0.05) is 28.4 Å². The Hall–Kier alpha value is -2.50. The Morgan fingerprint density at radius 3 is 2.52 bits per heavy atom. The molecule has 4 rings (SSSR count). The highest BCUT2D eigenvalue weighted by molar-refractivity contribution is 7.16. The van der Waals surface area contributed by atoms with Crippen molar-refractivity contribution in [3.63, 3.8) is 0 Å².